The highest BCUT2D eigenvalue weighted by atomic mass is 16.4. The van der Waals surface area contributed by atoms with E-state index in [1.54, 1.807) is 0 Å². The van der Waals surface area contributed by atoms with Crippen molar-refractivity contribution in [2.75, 3.05) is 18.0 Å². The summed E-state index contributed by atoms with van der Waals surface area (Å²) in [6.07, 6.45) is 3.82. The van der Waals surface area contributed by atoms with E-state index in [1.807, 2.05) is 18.2 Å². The minimum absolute atomic E-state index is 0.692. The molecular formula is C10H13N3O. The molecule has 4 heteroatoms. The van der Waals surface area contributed by atoms with E-state index in [1.165, 1.54) is 19.1 Å². The number of anilines is 1. The Morgan fingerprint density at radius 2 is 2.14 bits per heavy atom. The normalized spacial score (nSPS) is 16.7. The van der Waals surface area contributed by atoms with E-state index < -0.39 is 0 Å². The van der Waals surface area contributed by atoms with Crippen LogP contribution in [-0.4, -0.2) is 29.5 Å². The molecule has 1 aliphatic rings. The summed E-state index contributed by atoms with van der Waals surface area (Å²) in [6, 6.07) is 5.73. The molecule has 0 saturated carbocycles. The van der Waals surface area contributed by atoms with Crippen LogP contribution in [0.1, 0.15) is 18.5 Å². The van der Waals surface area contributed by atoms with E-state index in [-0.39, 0.29) is 0 Å². The Morgan fingerprint density at radius 3 is 2.86 bits per heavy atom. The molecule has 1 N–H and O–H groups in total. The van der Waals surface area contributed by atoms with E-state index in [0.717, 1.165) is 18.9 Å². The number of rotatable bonds is 2. The van der Waals surface area contributed by atoms with Gasteiger partial charge in [0.2, 0.25) is 0 Å². The number of pyridine rings is 1. The molecule has 0 atom stereocenters. The highest BCUT2D eigenvalue weighted by Crippen LogP contribution is 2.17. The summed E-state index contributed by atoms with van der Waals surface area (Å²) in [5, 5.41) is 11.4. The molecule has 0 aliphatic carbocycles. The highest BCUT2D eigenvalue weighted by Gasteiger charge is 2.12. The van der Waals surface area contributed by atoms with Crippen LogP contribution in [0.15, 0.2) is 23.4 Å². The topological polar surface area (TPSA) is 48.7 Å². The van der Waals surface area contributed by atoms with Crippen LogP contribution in [-0.2, 0) is 0 Å². The molecule has 14 heavy (non-hydrogen) atoms. The van der Waals surface area contributed by atoms with E-state index in [0.29, 0.717) is 5.69 Å². The highest BCUT2D eigenvalue weighted by molar-refractivity contribution is 5.77. The largest absolute Gasteiger partial charge is 0.411 e. The third-order valence-electron chi connectivity index (χ3n) is 2.38. The van der Waals surface area contributed by atoms with Crippen LogP contribution >= 0.6 is 0 Å². The van der Waals surface area contributed by atoms with Crippen molar-refractivity contribution in [3.05, 3.63) is 23.9 Å². The summed E-state index contributed by atoms with van der Waals surface area (Å²) in [4.78, 5) is 6.61. The quantitative estimate of drug-likeness (QED) is 0.437. The van der Waals surface area contributed by atoms with Gasteiger partial charge in [0.1, 0.15) is 5.82 Å². The average molecular weight is 191 g/mol. The van der Waals surface area contributed by atoms with Gasteiger partial charge in [0.25, 0.3) is 0 Å². The molecule has 1 aliphatic heterocycles. The number of nitrogens with zero attached hydrogens (tertiary/aromatic N) is 3. The summed E-state index contributed by atoms with van der Waals surface area (Å²) in [5.41, 5.74) is 0.692. The molecule has 0 unspecified atom stereocenters. The van der Waals surface area contributed by atoms with Crippen molar-refractivity contribution in [3.8, 4) is 0 Å². The Morgan fingerprint density at radius 1 is 1.36 bits per heavy atom. The van der Waals surface area contributed by atoms with Gasteiger partial charge in [-0.25, -0.2) is 4.98 Å². The van der Waals surface area contributed by atoms with Crippen LogP contribution in [0.3, 0.4) is 0 Å². The monoisotopic (exact) mass is 191 g/mol. The zero-order chi connectivity index (χ0) is 9.80. The van der Waals surface area contributed by atoms with Crippen molar-refractivity contribution >= 4 is 12.0 Å². The van der Waals surface area contributed by atoms with Gasteiger partial charge in [-0.3, -0.25) is 0 Å². The fraction of sp³-hybridized carbons (Fsp3) is 0.400. The SMILES string of the molecule is O/N=C\c1cccc(N2CCCC2)n1. The van der Waals surface area contributed by atoms with Crippen molar-refractivity contribution in [3.63, 3.8) is 0 Å². The molecular weight excluding hydrogens is 178 g/mol. The first kappa shape index (κ1) is 8.99. The Kier molecular flexibility index (Phi) is 2.62. The second-order valence-corrected chi connectivity index (χ2v) is 3.36. The van der Waals surface area contributed by atoms with Crippen LogP contribution in [0.4, 0.5) is 5.82 Å². The van der Waals surface area contributed by atoms with Gasteiger partial charge in [0, 0.05) is 13.1 Å². The summed E-state index contributed by atoms with van der Waals surface area (Å²) in [7, 11) is 0. The number of hydrogen-bond acceptors (Lipinski definition) is 4. The van der Waals surface area contributed by atoms with Gasteiger partial charge in [0.15, 0.2) is 0 Å². The van der Waals surface area contributed by atoms with Crippen LogP contribution in [0.2, 0.25) is 0 Å². The average Bonchev–Trinajstić information content (AvgIpc) is 2.71. The third-order valence-corrected chi connectivity index (χ3v) is 2.38. The third kappa shape index (κ3) is 1.84. The number of oxime groups is 1. The van der Waals surface area contributed by atoms with Crippen LogP contribution < -0.4 is 4.90 Å². The Hall–Kier alpha value is -1.58. The molecule has 1 aromatic rings. The summed E-state index contributed by atoms with van der Waals surface area (Å²) >= 11 is 0. The van der Waals surface area contributed by atoms with E-state index in [9.17, 15) is 0 Å². The maximum Gasteiger partial charge on any atom is 0.129 e. The fourth-order valence-corrected chi connectivity index (χ4v) is 1.69. The first-order chi connectivity index (χ1) is 6.90. The zero-order valence-corrected chi connectivity index (χ0v) is 7.93. The fourth-order valence-electron chi connectivity index (χ4n) is 1.69. The lowest BCUT2D eigenvalue weighted by Gasteiger charge is -2.15. The summed E-state index contributed by atoms with van der Waals surface area (Å²) < 4.78 is 0. The predicted molar refractivity (Wildman–Crippen MR) is 55.1 cm³/mol. The minimum atomic E-state index is 0.692. The van der Waals surface area contributed by atoms with Gasteiger partial charge in [0.05, 0.1) is 11.9 Å². The molecule has 4 nitrogen and oxygen atoms in total. The zero-order valence-electron chi connectivity index (χ0n) is 7.93. The van der Waals surface area contributed by atoms with Crippen molar-refractivity contribution in [2.45, 2.75) is 12.8 Å². The summed E-state index contributed by atoms with van der Waals surface area (Å²) in [6.45, 7) is 2.15. The van der Waals surface area contributed by atoms with Crippen molar-refractivity contribution in [2.24, 2.45) is 5.16 Å². The van der Waals surface area contributed by atoms with Crippen molar-refractivity contribution in [1.82, 2.24) is 4.98 Å². The second kappa shape index (κ2) is 4.09. The molecule has 0 amide bonds. The van der Waals surface area contributed by atoms with Crippen LogP contribution in [0, 0.1) is 0 Å². The Balaban J connectivity index is 2.20. The van der Waals surface area contributed by atoms with Gasteiger partial charge in [-0.1, -0.05) is 11.2 Å². The molecule has 74 valence electrons. The van der Waals surface area contributed by atoms with Gasteiger partial charge in [-0.2, -0.15) is 0 Å². The lowest BCUT2D eigenvalue weighted by molar-refractivity contribution is 0.321. The molecule has 1 fully saturated rings. The molecule has 0 bridgehead atoms. The second-order valence-electron chi connectivity index (χ2n) is 3.36. The first-order valence-corrected chi connectivity index (χ1v) is 4.79. The summed E-state index contributed by atoms with van der Waals surface area (Å²) in [5.74, 6) is 0.972. The lowest BCUT2D eigenvalue weighted by atomic mass is 10.3. The van der Waals surface area contributed by atoms with E-state index in [2.05, 4.69) is 15.0 Å². The number of aromatic nitrogens is 1. The lowest BCUT2D eigenvalue weighted by Crippen LogP contribution is -2.19. The van der Waals surface area contributed by atoms with E-state index >= 15 is 0 Å². The predicted octanol–water partition coefficient (Wildman–Crippen LogP) is 1.49. The Bertz CT molecular complexity index is 332. The van der Waals surface area contributed by atoms with Crippen LogP contribution in [0.25, 0.3) is 0 Å². The van der Waals surface area contributed by atoms with Crippen molar-refractivity contribution in [1.29, 1.82) is 0 Å². The standard InChI is InChI=1S/C10H13N3O/c14-11-8-9-4-3-5-10(12-9)13-6-1-2-7-13/h3-5,8,14H,1-2,6-7H2/b11-8-. The maximum absolute atomic E-state index is 8.39. The molecule has 2 heterocycles. The Labute approximate surface area is 82.9 Å². The molecule has 0 radical (unpaired) electrons. The molecule has 0 aromatic carbocycles. The minimum Gasteiger partial charge on any atom is -0.411 e. The smallest absolute Gasteiger partial charge is 0.129 e. The van der Waals surface area contributed by atoms with Gasteiger partial charge in [-0.15, -0.1) is 0 Å². The van der Waals surface area contributed by atoms with Crippen LogP contribution in [0.5, 0.6) is 0 Å². The van der Waals surface area contributed by atoms with Gasteiger partial charge in [-0.05, 0) is 25.0 Å². The van der Waals surface area contributed by atoms with Gasteiger partial charge < -0.3 is 10.1 Å². The molecule has 1 aromatic heterocycles. The number of hydrogen-bond donors (Lipinski definition) is 1. The molecule has 2 rings (SSSR count). The first-order valence-electron chi connectivity index (χ1n) is 4.79. The molecule has 1 saturated heterocycles. The van der Waals surface area contributed by atoms with Crippen molar-refractivity contribution < 1.29 is 5.21 Å². The maximum atomic E-state index is 8.39. The molecule has 0 spiro atoms. The van der Waals surface area contributed by atoms with E-state index in [4.69, 9.17) is 5.21 Å². The van der Waals surface area contributed by atoms with Gasteiger partial charge >= 0.3 is 0 Å².